The van der Waals surface area contributed by atoms with Gasteiger partial charge in [0.05, 0.1) is 28.9 Å². The fourth-order valence-corrected chi connectivity index (χ4v) is 2.53. The van der Waals surface area contributed by atoms with Gasteiger partial charge in [0.1, 0.15) is 0 Å². The van der Waals surface area contributed by atoms with Crippen molar-refractivity contribution in [1.29, 1.82) is 5.26 Å². The van der Waals surface area contributed by atoms with Crippen LogP contribution in [0.3, 0.4) is 0 Å². The zero-order chi connectivity index (χ0) is 17.6. The Kier molecular flexibility index (Phi) is 4.86. The molecule has 6 heteroatoms. The lowest BCUT2D eigenvalue weighted by atomic mass is 10.1. The van der Waals surface area contributed by atoms with E-state index in [1.165, 1.54) is 10.9 Å². The number of amides is 1. The first-order valence-electron chi connectivity index (χ1n) is 7.87. The molecule has 3 aromatic rings. The maximum absolute atomic E-state index is 12.4. The first-order chi connectivity index (χ1) is 12.2. The SMILES string of the molecule is N#Cc1cccc(CNC(=O)CCn2cnc3ccccc3c2=O)c1. The van der Waals surface area contributed by atoms with Crippen LogP contribution in [-0.2, 0) is 17.9 Å². The van der Waals surface area contributed by atoms with Crippen molar-refractivity contribution in [2.75, 3.05) is 0 Å². The third-order valence-corrected chi connectivity index (χ3v) is 3.86. The average molecular weight is 332 g/mol. The van der Waals surface area contributed by atoms with Gasteiger partial charge in [0.2, 0.25) is 5.91 Å². The van der Waals surface area contributed by atoms with Gasteiger partial charge in [-0.15, -0.1) is 0 Å². The number of carbonyl (C=O) groups is 1. The highest BCUT2D eigenvalue weighted by Gasteiger charge is 2.06. The fourth-order valence-electron chi connectivity index (χ4n) is 2.53. The van der Waals surface area contributed by atoms with Crippen LogP contribution >= 0.6 is 0 Å². The molecule has 1 N–H and O–H groups in total. The highest BCUT2D eigenvalue weighted by Crippen LogP contribution is 2.05. The molecule has 0 bridgehead atoms. The lowest BCUT2D eigenvalue weighted by Crippen LogP contribution is -2.27. The molecule has 1 amide bonds. The number of hydrogen-bond donors (Lipinski definition) is 1. The second kappa shape index (κ2) is 7.41. The minimum Gasteiger partial charge on any atom is -0.352 e. The Morgan fingerprint density at radius 1 is 1.20 bits per heavy atom. The summed E-state index contributed by atoms with van der Waals surface area (Å²) < 4.78 is 1.44. The highest BCUT2D eigenvalue weighted by molar-refractivity contribution is 5.77. The molecule has 6 nitrogen and oxygen atoms in total. The summed E-state index contributed by atoms with van der Waals surface area (Å²) in [5.41, 5.74) is 1.91. The molecule has 0 aliphatic rings. The van der Waals surface area contributed by atoms with Gasteiger partial charge in [0.15, 0.2) is 0 Å². The van der Waals surface area contributed by atoms with E-state index in [-0.39, 0.29) is 24.4 Å². The van der Waals surface area contributed by atoms with Crippen molar-refractivity contribution >= 4 is 16.8 Å². The number of rotatable bonds is 5. The van der Waals surface area contributed by atoms with Gasteiger partial charge in [0, 0.05) is 19.5 Å². The molecule has 1 heterocycles. The van der Waals surface area contributed by atoms with Gasteiger partial charge >= 0.3 is 0 Å². The van der Waals surface area contributed by atoms with Gasteiger partial charge in [-0.2, -0.15) is 5.26 Å². The summed E-state index contributed by atoms with van der Waals surface area (Å²) in [6, 6.07) is 16.3. The first kappa shape index (κ1) is 16.4. The lowest BCUT2D eigenvalue weighted by molar-refractivity contribution is -0.121. The third kappa shape index (κ3) is 3.90. The minimum absolute atomic E-state index is 0.153. The summed E-state index contributed by atoms with van der Waals surface area (Å²) in [5, 5.41) is 12.2. The third-order valence-electron chi connectivity index (χ3n) is 3.86. The second-order valence-electron chi connectivity index (χ2n) is 5.60. The number of nitriles is 1. The van der Waals surface area contributed by atoms with Crippen LogP contribution in [0.5, 0.6) is 0 Å². The lowest BCUT2D eigenvalue weighted by Gasteiger charge is -2.08. The molecule has 25 heavy (non-hydrogen) atoms. The second-order valence-corrected chi connectivity index (χ2v) is 5.60. The van der Waals surface area contributed by atoms with Crippen LogP contribution in [0.2, 0.25) is 0 Å². The van der Waals surface area contributed by atoms with E-state index in [1.54, 1.807) is 36.4 Å². The molecule has 3 rings (SSSR count). The number of para-hydroxylation sites is 1. The van der Waals surface area contributed by atoms with Crippen LogP contribution in [0.1, 0.15) is 17.5 Å². The van der Waals surface area contributed by atoms with Crippen LogP contribution in [0.4, 0.5) is 0 Å². The molecule has 0 saturated carbocycles. The summed E-state index contributed by atoms with van der Waals surface area (Å²) >= 11 is 0. The molecule has 0 aliphatic carbocycles. The van der Waals surface area contributed by atoms with Crippen molar-refractivity contribution < 1.29 is 4.79 Å². The van der Waals surface area contributed by atoms with E-state index < -0.39 is 0 Å². The number of fused-ring (bicyclic) bond motifs is 1. The maximum Gasteiger partial charge on any atom is 0.261 e. The molecular weight excluding hydrogens is 316 g/mol. The molecule has 0 radical (unpaired) electrons. The van der Waals surface area contributed by atoms with Gasteiger partial charge in [-0.05, 0) is 29.8 Å². The molecule has 124 valence electrons. The van der Waals surface area contributed by atoms with E-state index in [9.17, 15) is 9.59 Å². The van der Waals surface area contributed by atoms with Gasteiger partial charge in [0.25, 0.3) is 5.56 Å². The molecular formula is C19H16N4O2. The Labute approximate surface area is 144 Å². The van der Waals surface area contributed by atoms with Gasteiger partial charge in [-0.1, -0.05) is 24.3 Å². The molecule has 2 aromatic carbocycles. The van der Waals surface area contributed by atoms with E-state index >= 15 is 0 Å². The Hall–Kier alpha value is -3.46. The molecule has 0 spiro atoms. The molecule has 1 aromatic heterocycles. The van der Waals surface area contributed by atoms with Crippen molar-refractivity contribution in [2.24, 2.45) is 0 Å². The van der Waals surface area contributed by atoms with Crippen molar-refractivity contribution in [2.45, 2.75) is 19.5 Å². The van der Waals surface area contributed by atoms with Gasteiger partial charge < -0.3 is 5.32 Å². The van der Waals surface area contributed by atoms with Crippen LogP contribution in [-0.4, -0.2) is 15.5 Å². The van der Waals surface area contributed by atoms with E-state index in [0.717, 1.165) is 5.56 Å². The average Bonchev–Trinajstić information content (AvgIpc) is 2.66. The maximum atomic E-state index is 12.4. The Morgan fingerprint density at radius 2 is 2.04 bits per heavy atom. The summed E-state index contributed by atoms with van der Waals surface area (Å²) in [6.07, 6.45) is 1.65. The molecule has 0 aliphatic heterocycles. The minimum atomic E-state index is -0.164. The van der Waals surface area contributed by atoms with E-state index in [0.29, 0.717) is 23.0 Å². The van der Waals surface area contributed by atoms with E-state index in [1.807, 2.05) is 12.1 Å². The number of benzene rings is 2. The summed E-state index contributed by atoms with van der Waals surface area (Å²) in [5.74, 6) is -0.164. The van der Waals surface area contributed by atoms with Crippen LogP contribution in [0.15, 0.2) is 59.7 Å². The number of nitrogens with one attached hydrogen (secondary N) is 1. The van der Waals surface area contributed by atoms with Crippen molar-refractivity contribution in [1.82, 2.24) is 14.9 Å². The zero-order valence-electron chi connectivity index (χ0n) is 13.5. The first-order valence-corrected chi connectivity index (χ1v) is 7.87. The standard InChI is InChI=1S/C19H16N4O2/c20-11-14-4-3-5-15(10-14)12-21-18(24)8-9-23-13-22-17-7-2-1-6-16(17)19(23)25/h1-7,10,13H,8-9,12H2,(H,21,24). The van der Waals surface area contributed by atoms with E-state index in [2.05, 4.69) is 16.4 Å². The van der Waals surface area contributed by atoms with Crippen LogP contribution in [0, 0.1) is 11.3 Å². The van der Waals surface area contributed by atoms with Crippen LogP contribution < -0.4 is 10.9 Å². The number of hydrogen-bond acceptors (Lipinski definition) is 4. The molecule has 0 unspecified atom stereocenters. The fraction of sp³-hybridized carbons (Fsp3) is 0.158. The van der Waals surface area contributed by atoms with Gasteiger partial charge in [-0.3, -0.25) is 14.2 Å². The molecule has 0 saturated heterocycles. The quantitative estimate of drug-likeness (QED) is 0.774. The molecule has 0 fully saturated rings. The normalized spacial score (nSPS) is 10.4. The largest absolute Gasteiger partial charge is 0.352 e. The van der Waals surface area contributed by atoms with Crippen molar-refractivity contribution in [3.8, 4) is 6.07 Å². The Bertz CT molecular complexity index is 1020. The van der Waals surface area contributed by atoms with E-state index in [4.69, 9.17) is 5.26 Å². The Morgan fingerprint density at radius 3 is 2.88 bits per heavy atom. The summed E-state index contributed by atoms with van der Waals surface area (Å²) in [6.45, 7) is 0.611. The topological polar surface area (TPSA) is 87.8 Å². The van der Waals surface area contributed by atoms with Crippen LogP contribution in [0.25, 0.3) is 10.9 Å². The predicted molar refractivity (Wildman–Crippen MR) is 93.6 cm³/mol. The zero-order valence-corrected chi connectivity index (χ0v) is 13.5. The Balaban J connectivity index is 1.60. The van der Waals surface area contributed by atoms with Gasteiger partial charge in [-0.25, -0.2) is 4.98 Å². The number of carbonyl (C=O) groups excluding carboxylic acids is 1. The number of aromatic nitrogens is 2. The number of aryl methyl sites for hydroxylation is 1. The smallest absolute Gasteiger partial charge is 0.261 e. The monoisotopic (exact) mass is 332 g/mol. The van der Waals surface area contributed by atoms with Crippen molar-refractivity contribution in [3.63, 3.8) is 0 Å². The summed E-state index contributed by atoms with van der Waals surface area (Å²) in [7, 11) is 0. The summed E-state index contributed by atoms with van der Waals surface area (Å²) in [4.78, 5) is 28.6. The number of nitrogens with zero attached hydrogens (tertiary/aromatic N) is 3. The predicted octanol–water partition coefficient (Wildman–Crippen LogP) is 1.97. The van der Waals surface area contributed by atoms with Crippen molar-refractivity contribution in [3.05, 3.63) is 76.3 Å². The molecule has 0 atom stereocenters. The highest BCUT2D eigenvalue weighted by atomic mass is 16.1.